The van der Waals surface area contributed by atoms with Gasteiger partial charge in [-0.05, 0) is 51.1 Å². The molecule has 0 unspecified atom stereocenters. The van der Waals surface area contributed by atoms with E-state index in [0.717, 1.165) is 38.8 Å². The van der Waals surface area contributed by atoms with Crippen molar-refractivity contribution < 1.29 is 9.18 Å². The summed E-state index contributed by atoms with van der Waals surface area (Å²) in [5, 5.41) is 2.96. The summed E-state index contributed by atoms with van der Waals surface area (Å²) in [5.74, 6) is -0.161. The zero-order chi connectivity index (χ0) is 19.7. The fourth-order valence-corrected chi connectivity index (χ4v) is 3.07. The van der Waals surface area contributed by atoms with E-state index in [1.54, 1.807) is 0 Å². The van der Waals surface area contributed by atoms with E-state index in [1.807, 2.05) is 26.0 Å². The highest BCUT2D eigenvalue weighted by Crippen LogP contribution is 2.24. The second-order valence-corrected chi connectivity index (χ2v) is 8.80. The van der Waals surface area contributed by atoms with Crippen molar-refractivity contribution >= 4 is 5.91 Å². The van der Waals surface area contributed by atoms with Crippen molar-refractivity contribution in [3.63, 3.8) is 0 Å². The fourth-order valence-electron chi connectivity index (χ4n) is 3.07. The SMILES string of the molecule is CC/C=C(\C=C(\C)CC)C(=O)NC[C@@H]1CCN(CCC(C)(C)C)C[C@@H]1F. The number of amides is 1. The van der Waals surface area contributed by atoms with Crippen LogP contribution in [0.2, 0.25) is 0 Å². The highest BCUT2D eigenvalue weighted by molar-refractivity contribution is 5.96. The molecule has 1 saturated heterocycles. The van der Waals surface area contributed by atoms with Gasteiger partial charge in [0.25, 0.3) is 5.91 Å². The summed E-state index contributed by atoms with van der Waals surface area (Å²) in [5.41, 5.74) is 2.16. The summed E-state index contributed by atoms with van der Waals surface area (Å²) in [6, 6.07) is 0. The summed E-state index contributed by atoms with van der Waals surface area (Å²) >= 11 is 0. The Bertz CT molecular complexity index is 505. The molecule has 1 rings (SSSR count). The monoisotopic (exact) mass is 366 g/mol. The lowest BCUT2D eigenvalue weighted by molar-refractivity contribution is -0.117. The molecule has 2 atom stereocenters. The maximum absolute atomic E-state index is 14.6. The molecule has 1 aliphatic rings. The summed E-state index contributed by atoms with van der Waals surface area (Å²) < 4.78 is 14.6. The van der Waals surface area contributed by atoms with Crippen molar-refractivity contribution in [3.8, 4) is 0 Å². The van der Waals surface area contributed by atoms with Crippen LogP contribution in [0.4, 0.5) is 4.39 Å². The van der Waals surface area contributed by atoms with Gasteiger partial charge < -0.3 is 10.2 Å². The highest BCUT2D eigenvalue weighted by Gasteiger charge is 2.29. The van der Waals surface area contributed by atoms with Crippen LogP contribution in [0.25, 0.3) is 0 Å². The molecular formula is C22H39FN2O. The second kappa shape index (κ2) is 10.9. The molecule has 3 nitrogen and oxygen atoms in total. The van der Waals surface area contributed by atoms with Crippen LogP contribution in [0.5, 0.6) is 0 Å². The molecule has 0 aromatic rings. The minimum Gasteiger partial charge on any atom is -0.352 e. The van der Waals surface area contributed by atoms with Crippen LogP contribution in [-0.4, -0.2) is 43.2 Å². The average Bonchev–Trinajstić information content (AvgIpc) is 2.57. The zero-order valence-electron chi connectivity index (χ0n) is 17.7. The minimum atomic E-state index is -0.865. The van der Waals surface area contributed by atoms with E-state index in [4.69, 9.17) is 0 Å². The van der Waals surface area contributed by atoms with Crippen molar-refractivity contribution in [1.29, 1.82) is 0 Å². The van der Waals surface area contributed by atoms with Crippen LogP contribution in [-0.2, 0) is 4.79 Å². The lowest BCUT2D eigenvalue weighted by Crippen LogP contribution is -2.46. The number of likely N-dealkylation sites (tertiary alicyclic amines) is 1. The van der Waals surface area contributed by atoms with Crippen LogP contribution < -0.4 is 5.32 Å². The molecule has 26 heavy (non-hydrogen) atoms. The molecule has 0 saturated carbocycles. The van der Waals surface area contributed by atoms with Gasteiger partial charge in [-0.2, -0.15) is 0 Å². The van der Waals surface area contributed by atoms with Gasteiger partial charge >= 0.3 is 0 Å². The number of carbonyl (C=O) groups is 1. The summed E-state index contributed by atoms with van der Waals surface area (Å²) in [7, 11) is 0. The largest absolute Gasteiger partial charge is 0.352 e. The summed E-state index contributed by atoms with van der Waals surface area (Å²) in [4.78, 5) is 14.7. The Morgan fingerprint density at radius 1 is 1.31 bits per heavy atom. The Kier molecular flexibility index (Phi) is 9.56. The molecule has 1 fully saturated rings. The average molecular weight is 367 g/mol. The van der Waals surface area contributed by atoms with Gasteiger partial charge in [0.1, 0.15) is 6.17 Å². The smallest absolute Gasteiger partial charge is 0.250 e. The Labute approximate surface area is 160 Å². The van der Waals surface area contributed by atoms with Gasteiger partial charge in [-0.3, -0.25) is 4.79 Å². The number of halogens is 1. The molecule has 1 aliphatic heterocycles. The number of allylic oxidation sites excluding steroid dienone is 2. The molecule has 150 valence electrons. The first-order chi connectivity index (χ1) is 12.2. The number of rotatable bonds is 8. The van der Waals surface area contributed by atoms with Gasteiger partial charge in [0.05, 0.1) is 0 Å². The molecule has 0 spiro atoms. The Morgan fingerprint density at radius 3 is 2.54 bits per heavy atom. The van der Waals surface area contributed by atoms with Gasteiger partial charge in [-0.15, -0.1) is 0 Å². The Hall–Kier alpha value is -1.16. The first-order valence-electron chi connectivity index (χ1n) is 10.2. The summed E-state index contributed by atoms with van der Waals surface area (Å²) in [6.07, 6.45) is 6.65. The van der Waals surface area contributed by atoms with E-state index in [1.165, 1.54) is 5.57 Å². The zero-order valence-corrected chi connectivity index (χ0v) is 17.7. The van der Waals surface area contributed by atoms with Crippen molar-refractivity contribution in [1.82, 2.24) is 10.2 Å². The third-order valence-corrected chi connectivity index (χ3v) is 5.11. The Balaban J connectivity index is 2.50. The van der Waals surface area contributed by atoms with Crippen LogP contribution in [0.15, 0.2) is 23.3 Å². The molecule has 1 amide bonds. The number of hydrogen-bond donors (Lipinski definition) is 1. The first kappa shape index (κ1) is 22.9. The normalized spacial score (nSPS) is 23.2. The maximum atomic E-state index is 14.6. The van der Waals surface area contributed by atoms with Crippen LogP contribution >= 0.6 is 0 Å². The van der Waals surface area contributed by atoms with E-state index in [-0.39, 0.29) is 17.2 Å². The molecule has 0 aromatic carbocycles. The van der Waals surface area contributed by atoms with Crippen molar-refractivity contribution in [3.05, 3.63) is 23.3 Å². The number of alkyl halides is 1. The number of piperidine rings is 1. The minimum absolute atomic E-state index is 0.0797. The molecule has 0 bridgehead atoms. The summed E-state index contributed by atoms with van der Waals surface area (Å²) in [6.45, 7) is 15.6. The van der Waals surface area contributed by atoms with Crippen LogP contribution in [0.1, 0.15) is 67.2 Å². The third-order valence-electron chi connectivity index (χ3n) is 5.11. The molecular weight excluding hydrogens is 327 g/mol. The van der Waals surface area contributed by atoms with E-state index in [9.17, 15) is 9.18 Å². The number of hydrogen-bond acceptors (Lipinski definition) is 2. The number of nitrogens with zero attached hydrogens (tertiary/aromatic N) is 1. The third kappa shape index (κ3) is 8.48. The van der Waals surface area contributed by atoms with E-state index < -0.39 is 6.17 Å². The van der Waals surface area contributed by atoms with E-state index >= 15 is 0 Å². The lowest BCUT2D eigenvalue weighted by Gasteiger charge is -2.36. The first-order valence-corrected chi connectivity index (χ1v) is 10.2. The molecule has 0 radical (unpaired) electrons. The quantitative estimate of drug-likeness (QED) is 0.490. The number of nitrogens with one attached hydrogen (secondary N) is 1. The topological polar surface area (TPSA) is 32.3 Å². The van der Waals surface area contributed by atoms with Crippen LogP contribution in [0, 0.1) is 11.3 Å². The van der Waals surface area contributed by atoms with Gasteiger partial charge in [-0.25, -0.2) is 4.39 Å². The molecule has 0 aliphatic carbocycles. The van der Waals surface area contributed by atoms with Gasteiger partial charge in [0.15, 0.2) is 0 Å². The second-order valence-electron chi connectivity index (χ2n) is 8.80. The number of carbonyl (C=O) groups excluding carboxylic acids is 1. The van der Waals surface area contributed by atoms with Gasteiger partial charge in [0, 0.05) is 24.6 Å². The van der Waals surface area contributed by atoms with E-state index in [0.29, 0.717) is 18.7 Å². The van der Waals surface area contributed by atoms with Crippen molar-refractivity contribution in [2.24, 2.45) is 11.3 Å². The fraction of sp³-hybridized carbons (Fsp3) is 0.773. The standard InChI is InChI=1S/C22H39FN2O/c1-7-9-18(14-17(3)8-2)21(26)24-15-19-10-12-25(16-20(19)23)13-11-22(4,5)6/h9,14,19-20H,7-8,10-13,15-16H2,1-6H3,(H,24,26)/b17-14-,18-9+/t19-,20-/m0/s1. The lowest BCUT2D eigenvalue weighted by atomic mass is 9.90. The van der Waals surface area contributed by atoms with Crippen LogP contribution in [0.3, 0.4) is 0 Å². The van der Waals surface area contributed by atoms with Crippen molar-refractivity contribution in [2.45, 2.75) is 73.4 Å². The molecule has 1 heterocycles. The van der Waals surface area contributed by atoms with Gasteiger partial charge in [-0.1, -0.05) is 52.3 Å². The van der Waals surface area contributed by atoms with Gasteiger partial charge in [0.2, 0.25) is 0 Å². The molecule has 1 N–H and O–H groups in total. The maximum Gasteiger partial charge on any atom is 0.250 e. The molecule has 4 heteroatoms. The van der Waals surface area contributed by atoms with E-state index in [2.05, 4.69) is 37.9 Å². The highest BCUT2D eigenvalue weighted by atomic mass is 19.1. The van der Waals surface area contributed by atoms with Crippen molar-refractivity contribution in [2.75, 3.05) is 26.2 Å². The predicted octanol–water partition coefficient (Wildman–Crippen LogP) is 4.89. The predicted molar refractivity (Wildman–Crippen MR) is 109 cm³/mol. The molecule has 0 aromatic heterocycles. The Morgan fingerprint density at radius 2 is 2.00 bits per heavy atom.